The number of amides is 4. The van der Waals surface area contributed by atoms with E-state index in [0.717, 1.165) is 0 Å². The van der Waals surface area contributed by atoms with Crippen molar-refractivity contribution in [2.24, 2.45) is 5.73 Å². The van der Waals surface area contributed by atoms with Crippen molar-refractivity contribution < 1.29 is 23.9 Å². The minimum Gasteiger partial charge on any atom is -0.486 e. The summed E-state index contributed by atoms with van der Waals surface area (Å²) in [6, 6.07) is 10.8. The van der Waals surface area contributed by atoms with Gasteiger partial charge in [-0.15, -0.1) is 0 Å². The molecule has 4 amide bonds. The number of carbonyl (C=O) groups excluding carboxylic acids is 3. The molecule has 0 unspecified atom stereocenters. The number of fused-ring (bicyclic) bond motifs is 1. The average molecular weight is 396 g/mol. The van der Waals surface area contributed by atoms with E-state index >= 15 is 0 Å². The number of rotatable bonds is 4. The molecule has 9 nitrogen and oxygen atoms in total. The van der Waals surface area contributed by atoms with Crippen LogP contribution in [0.25, 0.3) is 0 Å². The Balaban J connectivity index is 1.36. The molecule has 0 aromatic heterocycles. The molecule has 0 spiro atoms. The maximum atomic E-state index is 12.4. The number of benzene rings is 2. The largest absolute Gasteiger partial charge is 0.486 e. The molecule has 2 aromatic rings. The monoisotopic (exact) mass is 396 g/mol. The van der Waals surface area contributed by atoms with Crippen LogP contribution in [0.15, 0.2) is 42.5 Å². The number of primary amides is 1. The fraction of sp³-hybridized carbons (Fsp3) is 0.250. The van der Waals surface area contributed by atoms with E-state index < -0.39 is 11.9 Å². The number of nitrogens with zero attached hydrogens (tertiary/aromatic N) is 1. The second-order valence-electron chi connectivity index (χ2n) is 6.77. The van der Waals surface area contributed by atoms with Crippen molar-refractivity contribution in [2.75, 3.05) is 30.0 Å². The topological polar surface area (TPSA) is 123 Å². The summed E-state index contributed by atoms with van der Waals surface area (Å²) in [5, 5.41) is 5.47. The van der Waals surface area contributed by atoms with E-state index in [9.17, 15) is 14.4 Å². The van der Waals surface area contributed by atoms with E-state index in [1.165, 1.54) is 12.1 Å². The molecule has 2 aromatic carbocycles. The Labute approximate surface area is 166 Å². The van der Waals surface area contributed by atoms with Crippen molar-refractivity contribution in [2.45, 2.75) is 12.5 Å². The lowest BCUT2D eigenvalue weighted by atomic mass is 10.2. The Morgan fingerprint density at radius 1 is 1.03 bits per heavy atom. The maximum Gasteiger partial charge on any atom is 0.319 e. The summed E-state index contributed by atoms with van der Waals surface area (Å²) in [4.78, 5) is 37.4. The third-order valence-electron chi connectivity index (χ3n) is 4.72. The highest BCUT2D eigenvalue weighted by Gasteiger charge is 2.32. The average Bonchev–Trinajstić information content (AvgIpc) is 3.07. The van der Waals surface area contributed by atoms with Gasteiger partial charge in [-0.3, -0.25) is 9.59 Å². The number of hydrogen-bond acceptors (Lipinski definition) is 5. The van der Waals surface area contributed by atoms with Crippen LogP contribution in [0, 0.1) is 0 Å². The lowest BCUT2D eigenvalue weighted by molar-refractivity contribution is -0.117. The van der Waals surface area contributed by atoms with E-state index in [1.807, 2.05) is 0 Å². The van der Waals surface area contributed by atoms with Gasteiger partial charge in [-0.05, 0) is 36.4 Å². The second-order valence-corrected chi connectivity index (χ2v) is 6.77. The van der Waals surface area contributed by atoms with Crippen LogP contribution in [-0.2, 0) is 4.79 Å². The van der Waals surface area contributed by atoms with Gasteiger partial charge >= 0.3 is 6.03 Å². The van der Waals surface area contributed by atoms with E-state index in [-0.39, 0.29) is 18.4 Å². The van der Waals surface area contributed by atoms with Gasteiger partial charge < -0.3 is 30.7 Å². The van der Waals surface area contributed by atoms with Crippen LogP contribution < -0.4 is 30.7 Å². The highest BCUT2D eigenvalue weighted by Crippen LogP contribution is 2.35. The molecule has 2 aliphatic heterocycles. The molecule has 0 saturated carbocycles. The fourth-order valence-corrected chi connectivity index (χ4v) is 3.32. The molecule has 9 heteroatoms. The second kappa shape index (κ2) is 7.70. The first-order chi connectivity index (χ1) is 14.0. The van der Waals surface area contributed by atoms with Gasteiger partial charge in [-0.2, -0.15) is 0 Å². The van der Waals surface area contributed by atoms with Crippen molar-refractivity contribution in [1.29, 1.82) is 0 Å². The highest BCUT2D eigenvalue weighted by atomic mass is 16.6. The molecular weight excluding hydrogens is 376 g/mol. The number of ether oxygens (including phenoxy) is 2. The first-order valence-corrected chi connectivity index (χ1v) is 9.17. The number of anilines is 2. The zero-order valence-electron chi connectivity index (χ0n) is 15.5. The summed E-state index contributed by atoms with van der Waals surface area (Å²) in [6.45, 7) is 1.32. The van der Waals surface area contributed by atoms with Crippen LogP contribution in [0.5, 0.6) is 11.5 Å². The van der Waals surface area contributed by atoms with Crippen LogP contribution >= 0.6 is 0 Å². The zero-order chi connectivity index (χ0) is 20.4. The van der Waals surface area contributed by atoms with Gasteiger partial charge in [0.25, 0.3) is 0 Å². The van der Waals surface area contributed by atoms with Gasteiger partial charge in [0, 0.05) is 36.0 Å². The Morgan fingerprint density at radius 2 is 1.76 bits per heavy atom. The third kappa shape index (κ3) is 4.08. The minimum atomic E-state index is -0.537. The first-order valence-electron chi connectivity index (χ1n) is 9.17. The van der Waals surface area contributed by atoms with Gasteiger partial charge in [0.1, 0.15) is 13.2 Å². The number of urea groups is 1. The molecule has 29 heavy (non-hydrogen) atoms. The van der Waals surface area contributed by atoms with Crippen LogP contribution in [0.1, 0.15) is 16.8 Å². The molecule has 0 aliphatic carbocycles. The predicted molar refractivity (Wildman–Crippen MR) is 105 cm³/mol. The molecule has 4 N–H and O–H groups in total. The standard InChI is InChI=1S/C20H20N4O5/c21-19(26)12-1-3-13(4-2-12)22-20(27)23-14-9-18(25)24(11-14)15-5-6-16-17(10-15)29-8-7-28-16/h1-6,10,14H,7-9,11H2,(H2,21,26)(H2,22,23,27)/t14-/m1/s1. The van der Waals surface area contributed by atoms with Crippen molar-refractivity contribution in [3.8, 4) is 11.5 Å². The van der Waals surface area contributed by atoms with Gasteiger partial charge in [0.05, 0.1) is 6.04 Å². The van der Waals surface area contributed by atoms with Crippen LogP contribution in [0.4, 0.5) is 16.2 Å². The fourth-order valence-electron chi connectivity index (χ4n) is 3.32. The summed E-state index contributed by atoms with van der Waals surface area (Å²) in [7, 11) is 0. The molecular formula is C20H20N4O5. The smallest absolute Gasteiger partial charge is 0.319 e. The summed E-state index contributed by atoms with van der Waals surface area (Å²) in [5.74, 6) is 0.639. The third-order valence-corrected chi connectivity index (χ3v) is 4.72. The van der Waals surface area contributed by atoms with Gasteiger partial charge in [-0.1, -0.05) is 0 Å². The lowest BCUT2D eigenvalue weighted by Crippen LogP contribution is -2.39. The lowest BCUT2D eigenvalue weighted by Gasteiger charge is -2.22. The molecule has 1 atom stereocenters. The van der Waals surface area contributed by atoms with Crippen molar-refractivity contribution in [3.05, 3.63) is 48.0 Å². The molecule has 0 bridgehead atoms. The van der Waals surface area contributed by atoms with Gasteiger partial charge in [0.2, 0.25) is 11.8 Å². The van der Waals surface area contributed by atoms with Crippen LogP contribution in [-0.4, -0.2) is 43.6 Å². The zero-order valence-corrected chi connectivity index (χ0v) is 15.5. The molecule has 2 aliphatic rings. The Bertz CT molecular complexity index is 960. The predicted octanol–water partition coefficient (Wildman–Crippen LogP) is 1.48. The quantitative estimate of drug-likeness (QED) is 0.722. The molecule has 0 radical (unpaired) electrons. The Hall–Kier alpha value is -3.75. The van der Waals surface area contributed by atoms with E-state index in [4.69, 9.17) is 15.2 Å². The summed E-state index contributed by atoms with van der Waals surface area (Å²) < 4.78 is 11.1. The number of nitrogens with one attached hydrogen (secondary N) is 2. The van der Waals surface area contributed by atoms with Crippen molar-refractivity contribution in [1.82, 2.24) is 5.32 Å². The minimum absolute atomic E-state index is 0.0854. The number of hydrogen-bond donors (Lipinski definition) is 3. The van der Waals surface area contributed by atoms with E-state index in [0.29, 0.717) is 48.2 Å². The molecule has 1 fully saturated rings. The molecule has 1 saturated heterocycles. The van der Waals surface area contributed by atoms with Crippen molar-refractivity contribution in [3.63, 3.8) is 0 Å². The first kappa shape index (κ1) is 18.6. The number of nitrogens with two attached hydrogens (primary N) is 1. The summed E-state index contributed by atoms with van der Waals surface area (Å²) >= 11 is 0. The van der Waals surface area contributed by atoms with E-state index in [2.05, 4.69) is 10.6 Å². The SMILES string of the molecule is NC(=O)c1ccc(NC(=O)N[C@@H]2CC(=O)N(c3ccc4c(c3)OCCO4)C2)cc1. The van der Waals surface area contributed by atoms with Crippen LogP contribution in [0.2, 0.25) is 0 Å². The van der Waals surface area contributed by atoms with E-state index in [1.54, 1.807) is 35.2 Å². The normalized spacial score (nSPS) is 17.7. The summed E-state index contributed by atoms with van der Waals surface area (Å²) in [5.41, 5.74) is 6.76. The highest BCUT2D eigenvalue weighted by molar-refractivity contribution is 5.98. The summed E-state index contributed by atoms with van der Waals surface area (Å²) in [6.07, 6.45) is 0.197. The Kier molecular flexibility index (Phi) is 4.94. The number of carbonyl (C=O) groups is 3. The maximum absolute atomic E-state index is 12.4. The molecule has 4 rings (SSSR count). The molecule has 2 heterocycles. The Morgan fingerprint density at radius 3 is 2.48 bits per heavy atom. The van der Waals surface area contributed by atoms with Gasteiger partial charge in [-0.25, -0.2) is 4.79 Å². The van der Waals surface area contributed by atoms with Crippen LogP contribution in [0.3, 0.4) is 0 Å². The van der Waals surface area contributed by atoms with Crippen molar-refractivity contribution >= 4 is 29.2 Å². The van der Waals surface area contributed by atoms with Gasteiger partial charge in [0.15, 0.2) is 11.5 Å². The molecule has 150 valence electrons.